The van der Waals surface area contributed by atoms with Crippen LogP contribution < -0.4 is 0 Å². The molecule has 2 fully saturated rings. The molecule has 0 aromatic heterocycles. The van der Waals surface area contributed by atoms with Gasteiger partial charge in [-0.1, -0.05) is 24.3 Å². The van der Waals surface area contributed by atoms with Gasteiger partial charge in [-0.3, -0.25) is 0 Å². The molecule has 6 atom stereocenters. The van der Waals surface area contributed by atoms with Crippen molar-refractivity contribution < 1.29 is 8.42 Å². The molecule has 0 spiro atoms. The molecule has 0 aromatic carbocycles. The van der Waals surface area contributed by atoms with E-state index in [-0.39, 0.29) is 0 Å². The van der Waals surface area contributed by atoms with Crippen LogP contribution in [0.4, 0.5) is 0 Å². The molecule has 1 aliphatic heterocycles. The van der Waals surface area contributed by atoms with E-state index in [1.54, 1.807) is 0 Å². The van der Waals surface area contributed by atoms with E-state index in [9.17, 15) is 8.42 Å². The first kappa shape index (κ1) is 8.57. The molecule has 5 rings (SSSR count). The standard InChI is InChI=1S/C12H14O2S/c13-15(14)5-11-9-3-4-10(12(11)6-15)8-2-1-7(8)9/h1-4,7-12H,5-6H2/t7-,8+,9-,10-,11+,12-/m0/s1. The highest BCUT2D eigenvalue weighted by Crippen LogP contribution is 2.58. The topological polar surface area (TPSA) is 34.1 Å². The van der Waals surface area contributed by atoms with Crippen molar-refractivity contribution >= 4 is 9.84 Å². The molecule has 1 saturated carbocycles. The number of allylic oxidation sites excluding steroid dienone is 4. The Morgan fingerprint density at radius 1 is 0.733 bits per heavy atom. The van der Waals surface area contributed by atoms with E-state index in [0.717, 1.165) is 0 Å². The smallest absolute Gasteiger partial charge is 0.150 e. The Balaban J connectivity index is 1.82. The lowest BCUT2D eigenvalue weighted by molar-refractivity contribution is 0.0672. The number of hydrogen-bond acceptors (Lipinski definition) is 2. The van der Waals surface area contributed by atoms with Crippen molar-refractivity contribution in [1.82, 2.24) is 0 Å². The minimum atomic E-state index is -2.74. The molecule has 1 saturated heterocycles. The fraction of sp³-hybridized carbons (Fsp3) is 0.667. The zero-order chi connectivity index (χ0) is 10.2. The van der Waals surface area contributed by atoms with Gasteiger partial charge < -0.3 is 0 Å². The minimum Gasteiger partial charge on any atom is -0.229 e. The highest BCUT2D eigenvalue weighted by atomic mass is 32.2. The van der Waals surface area contributed by atoms with Gasteiger partial charge in [0.2, 0.25) is 0 Å². The molecular formula is C12H14O2S. The molecule has 2 bridgehead atoms. The summed E-state index contributed by atoms with van der Waals surface area (Å²) in [7, 11) is -2.74. The van der Waals surface area contributed by atoms with E-state index in [2.05, 4.69) is 24.3 Å². The van der Waals surface area contributed by atoms with Crippen LogP contribution in [0.1, 0.15) is 0 Å². The Kier molecular flexibility index (Phi) is 1.37. The summed E-state index contributed by atoms with van der Waals surface area (Å²) < 4.78 is 23.4. The zero-order valence-electron chi connectivity index (χ0n) is 8.41. The van der Waals surface area contributed by atoms with Crippen LogP contribution in [0.3, 0.4) is 0 Å². The van der Waals surface area contributed by atoms with Crippen molar-refractivity contribution in [2.75, 3.05) is 11.5 Å². The first-order chi connectivity index (χ1) is 7.16. The van der Waals surface area contributed by atoms with Crippen molar-refractivity contribution in [3.8, 4) is 0 Å². The fourth-order valence-corrected chi connectivity index (χ4v) is 6.45. The third-order valence-corrected chi connectivity index (χ3v) is 6.66. The first-order valence-corrected chi connectivity index (χ1v) is 7.55. The van der Waals surface area contributed by atoms with Crippen LogP contribution in [0.2, 0.25) is 0 Å². The summed E-state index contributed by atoms with van der Waals surface area (Å²) in [6.45, 7) is 0. The maximum atomic E-state index is 11.7. The average Bonchev–Trinajstić information content (AvgIpc) is 2.42. The second-order valence-corrected chi connectivity index (χ2v) is 7.64. The summed E-state index contributed by atoms with van der Waals surface area (Å²) in [5.74, 6) is 4.11. The summed E-state index contributed by atoms with van der Waals surface area (Å²) >= 11 is 0. The number of sulfone groups is 1. The van der Waals surface area contributed by atoms with Crippen molar-refractivity contribution in [2.45, 2.75) is 0 Å². The van der Waals surface area contributed by atoms with Gasteiger partial charge in [-0.15, -0.1) is 0 Å². The number of hydrogen-bond donors (Lipinski definition) is 0. The van der Waals surface area contributed by atoms with Gasteiger partial charge >= 0.3 is 0 Å². The van der Waals surface area contributed by atoms with Gasteiger partial charge in [0.15, 0.2) is 9.84 Å². The van der Waals surface area contributed by atoms with Gasteiger partial charge in [0.25, 0.3) is 0 Å². The van der Waals surface area contributed by atoms with Crippen molar-refractivity contribution in [3.63, 3.8) is 0 Å². The molecule has 0 N–H and O–H groups in total. The molecule has 0 unspecified atom stereocenters. The van der Waals surface area contributed by atoms with E-state index >= 15 is 0 Å². The Hall–Kier alpha value is -0.570. The van der Waals surface area contributed by atoms with Gasteiger partial charge in [0, 0.05) is 0 Å². The Bertz CT molecular complexity index is 438. The second-order valence-electron chi connectivity index (χ2n) is 5.48. The molecule has 5 aliphatic rings. The molecule has 0 amide bonds. The molecule has 15 heavy (non-hydrogen) atoms. The van der Waals surface area contributed by atoms with Crippen molar-refractivity contribution in [1.29, 1.82) is 0 Å². The lowest BCUT2D eigenvalue weighted by Crippen LogP contribution is -2.49. The maximum Gasteiger partial charge on any atom is 0.150 e. The lowest BCUT2D eigenvalue weighted by Gasteiger charge is -2.53. The molecule has 4 aliphatic carbocycles. The second kappa shape index (κ2) is 2.40. The minimum absolute atomic E-state index is 0.427. The van der Waals surface area contributed by atoms with E-state index in [4.69, 9.17) is 0 Å². The molecule has 3 heteroatoms. The highest BCUT2D eigenvalue weighted by molar-refractivity contribution is 7.91. The average molecular weight is 222 g/mol. The summed E-state index contributed by atoms with van der Waals surface area (Å²) in [4.78, 5) is 0. The van der Waals surface area contributed by atoms with Crippen LogP contribution in [0.5, 0.6) is 0 Å². The normalized spacial score (nSPS) is 57.3. The van der Waals surface area contributed by atoms with Gasteiger partial charge in [-0.25, -0.2) is 8.42 Å². The largest absolute Gasteiger partial charge is 0.229 e. The summed E-state index contributed by atoms with van der Waals surface area (Å²) in [5.41, 5.74) is 0. The van der Waals surface area contributed by atoms with Gasteiger partial charge in [0.05, 0.1) is 11.5 Å². The van der Waals surface area contributed by atoms with E-state index < -0.39 is 9.84 Å². The summed E-state index contributed by atoms with van der Waals surface area (Å²) in [5, 5.41) is 0. The Labute approximate surface area is 90.0 Å². The van der Waals surface area contributed by atoms with Gasteiger partial charge in [-0.2, -0.15) is 0 Å². The zero-order valence-corrected chi connectivity index (χ0v) is 9.23. The van der Waals surface area contributed by atoms with E-state index in [0.29, 0.717) is 47.0 Å². The SMILES string of the molecule is O=S1(=O)C[C@@H]2[C@H]3C=C[C@@H]([C@@H]4C=C[C@@H]43)[C@@H]2C1. The lowest BCUT2D eigenvalue weighted by atomic mass is 9.50. The van der Waals surface area contributed by atoms with Crippen LogP contribution in [0, 0.1) is 35.5 Å². The quantitative estimate of drug-likeness (QED) is 0.578. The fourth-order valence-electron chi connectivity index (χ4n) is 4.20. The molecule has 80 valence electrons. The molecular weight excluding hydrogens is 208 g/mol. The van der Waals surface area contributed by atoms with Crippen molar-refractivity contribution in [2.24, 2.45) is 35.5 Å². The Morgan fingerprint density at radius 2 is 1.13 bits per heavy atom. The molecule has 1 heterocycles. The summed E-state index contributed by atoms with van der Waals surface area (Å²) in [6, 6.07) is 0. The van der Waals surface area contributed by atoms with E-state index in [1.807, 2.05) is 0 Å². The van der Waals surface area contributed by atoms with Gasteiger partial charge in [-0.05, 0) is 35.5 Å². The van der Waals surface area contributed by atoms with Gasteiger partial charge in [0.1, 0.15) is 0 Å². The molecule has 2 nitrogen and oxygen atoms in total. The van der Waals surface area contributed by atoms with Crippen LogP contribution in [-0.2, 0) is 9.84 Å². The summed E-state index contributed by atoms with van der Waals surface area (Å²) in [6.07, 6.45) is 9.15. The monoisotopic (exact) mass is 222 g/mol. The molecule has 0 radical (unpaired) electrons. The maximum absolute atomic E-state index is 11.7. The Morgan fingerprint density at radius 3 is 1.53 bits per heavy atom. The third-order valence-electron chi connectivity index (χ3n) is 4.88. The molecule has 0 aromatic rings. The van der Waals surface area contributed by atoms with Crippen LogP contribution in [-0.4, -0.2) is 19.9 Å². The van der Waals surface area contributed by atoms with Crippen LogP contribution in [0.25, 0.3) is 0 Å². The predicted octanol–water partition coefficient (Wildman–Crippen LogP) is 1.27. The highest BCUT2D eigenvalue weighted by Gasteiger charge is 2.56. The first-order valence-electron chi connectivity index (χ1n) is 5.73. The third kappa shape index (κ3) is 0.930. The van der Waals surface area contributed by atoms with Crippen LogP contribution in [0.15, 0.2) is 24.3 Å². The van der Waals surface area contributed by atoms with Crippen molar-refractivity contribution in [3.05, 3.63) is 24.3 Å². The predicted molar refractivity (Wildman–Crippen MR) is 57.9 cm³/mol. The van der Waals surface area contributed by atoms with E-state index in [1.165, 1.54) is 0 Å². The number of rotatable bonds is 0. The van der Waals surface area contributed by atoms with Crippen LogP contribution >= 0.6 is 0 Å².